The van der Waals surface area contributed by atoms with Gasteiger partial charge in [-0.2, -0.15) is 0 Å². The fraction of sp³-hybridized carbons (Fsp3) is 0.286. The van der Waals surface area contributed by atoms with Crippen LogP contribution in [-0.2, 0) is 27.1 Å². The van der Waals surface area contributed by atoms with Gasteiger partial charge in [0.1, 0.15) is 12.2 Å². The third kappa shape index (κ3) is 3.53. The van der Waals surface area contributed by atoms with Crippen LogP contribution in [0.1, 0.15) is 31.8 Å². The highest BCUT2D eigenvalue weighted by atomic mass is 16.6. The van der Waals surface area contributed by atoms with Crippen LogP contribution in [0.4, 0.5) is 0 Å². The molecule has 0 spiro atoms. The number of hydrogen-bond acceptors (Lipinski definition) is 5. The SMILES string of the molecule is O=C(OC1C2OC(C3Cc4ccccc4CC32)C1OC(=O)c1ccccc1)c1ccccc1. The van der Waals surface area contributed by atoms with E-state index in [0.717, 1.165) is 12.8 Å². The predicted molar refractivity (Wildman–Crippen MR) is 121 cm³/mol. The third-order valence-electron chi connectivity index (χ3n) is 7.21. The minimum Gasteiger partial charge on any atom is -0.452 e. The molecule has 33 heavy (non-hydrogen) atoms. The minimum atomic E-state index is -0.637. The van der Waals surface area contributed by atoms with Crippen molar-refractivity contribution in [3.05, 3.63) is 107 Å². The molecule has 2 fully saturated rings. The zero-order chi connectivity index (χ0) is 22.4. The molecule has 0 aromatic heterocycles. The Bertz CT molecular complexity index is 1080. The first-order valence-electron chi connectivity index (χ1n) is 11.4. The summed E-state index contributed by atoms with van der Waals surface area (Å²) >= 11 is 0. The van der Waals surface area contributed by atoms with Crippen molar-refractivity contribution in [1.29, 1.82) is 0 Å². The van der Waals surface area contributed by atoms with E-state index in [-0.39, 0.29) is 24.0 Å². The Morgan fingerprint density at radius 3 is 1.42 bits per heavy atom. The highest BCUT2D eigenvalue weighted by Crippen LogP contribution is 2.51. The van der Waals surface area contributed by atoms with Crippen LogP contribution >= 0.6 is 0 Å². The van der Waals surface area contributed by atoms with Gasteiger partial charge in [-0.25, -0.2) is 9.59 Å². The standard InChI is InChI=1S/C28H24O5/c29-27(17-9-3-1-4-10-17)32-25-23-21-15-19-13-7-8-14-20(19)16-22(21)24(31-23)26(25)33-28(30)18-11-5-2-6-12-18/h1-14,21-26H,15-16H2. The van der Waals surface area contributed by atoms with E-state index in [2.05, 4.69) is 24.3 Å². The molecular formula is C28H24O5. The predicted octanol–water partition coefficient (Wildman–Crippen LogP) is 4.25. The average Bonchev–Trinajstić information content (AvgIpc) is 3.40. The highest BCUT2D eigenvalue weighted by Gasteiger charge is 2.63. The molecule has 0 saturated carbocycles. The largest absolute Gasteiger partial charge is 0.452 e. The number of rotatable bonds is 4. The van der Waals surface area contributed by atoms with Crippen LogP contribution in [0.15, 0.2) is 84.9 Å². The van der Waals surface area contributed by atoms with Crippen LogP contribution in [0.2, 0.25) is 0 Å². The Balaban J connectivity index is 1.30. The van der Waals surface area contributed by atoms with Crippen LogP contribution in [0.25, 0.3) is 0 Å². The Kier molecular flexibility index (Phi) is 4.99. The lowest BCUT2D eigenvalue weighted by Crippen LogP contribution is -2.52. The average molecular weight is 440 g/mol. The minimum absolute atomic E-state index is 0.227. The Morgan fingerprint density at radius 1 is 0.606 bits per heavy atom. The molecule has 1 aliphatic carbocycles. The van der Waals surface area contributed by atoms with E-state index < -0.39 is 24.1 Å². The molecule has 5 heteroatoms. The summed E-state index contributed by atoms with van der Waals surface area (Å²) in [5.74, 6) is -0.397. The fourth-order valence-electron chi connectivity index (χ4n) is 5.69. The Labute approximate surface area is 192 Å². The topological polar surface area (TPSA) is 61.8 Å². The van der Waals surface area contributed by atoms with Gasteiger partial charge in [0, 0.05) is 0 Å². The van der Waals surface area contributed by atoms with Gasteiger partial charge in [0.2, 0.25) is 0 Å². The van der Waals surface area contributed by atoms with Crippen molar-refractivity contribution in [3.63, 3.8) is 0 Å². The van der Waals surface area contributed by atoms with E-state index >= 15 is 0 Å². The van der Waals surface area contributed by atoms with Gasteiger partial charge in [-0.05, 0) is 60.1 Å². The molecule has 166 valence electrons. The zero-order valence-corrected chi connectivity index (χ0v) is 18.0. The number of hydrogen-bond donors (Lipinski definition) is 0. The quantitative estimate of drug-likeness (QED) is 0.568. The summed E-state index contributed by atoms with van der Waals surface area (Å²) < 4.78 is 18.3. The molecule has 3 aromatic carbocycles. The fourth-order valence-corrected chi connectivity index (χ4v) is 5.69. The summed E-state index contributed by atoms with van der Waals surface area (Å²) in [4.78, 5) is 25.8. The number of benzene rings is 3. The lowest BCUT2D eigenvalue weighted by Gasteiger charge is -2.40. The van der Waals surface area contributed by atoms with Gasteiger partial charge >= 0.3 is 11.9 Å². The summed E-state index contributed by atoms with van der Waals surface area (Å²) in [6, 6.07) is 26.2. The molecule has 2 bridgehead atoms. The number of carbonyl (C=O) groups excluding carboxylic acids is 2. The molecule has 6 unspecified atom stereocenters. The van der Waals surface area contributed by atoms with Crippen LogP contribution in [0.5, 0.6) is 0 Å². The van der Waals surface area contributed by atoms with Crippen molar-refractivity contribution in [2.45, 2.75) is 37.3 Å². The van der Waals surface area contributed by atoms with Crippen molar-refractivity contribution >= 4 is 11.9 Å². The second-order valence-corrected chi connectivity index (χ2v) is 9.04. The van der Waals surface area contributed by atoms with Crippen LogP contribution in [-0.4, -0.2) is 36.4 Å². The Morgan fingerprint density at radius 2 is 1.00 bits per heavy atom. The van der Waals surface area contributed by atoms with Crippen molar-refractivity contribution in [1.82, 2.24) is 0 Å². The van der Waals surface area contributed by atoms with Gasteiger partial charge < -0.3 is 14.2 Å². The smallest absolute Gasteiger partial charge is 0.338 e. The second kappa shape index (κ2) is 8.16. The van der Waals surface area contributed by atoms with Gasteiger partial charge in [-0.15, -0.1) is 0 Å². The third-order valence-corrected chi connectivity index (χ3v) is 7.21. The summed E-state index contributed by atoms with van der Waals surface area (Å²) in [6.45, 7) is 0. The normalized spacial score (nSPS) is 29.1. The van der Waals surface area contributed by atoms with Gasteiger partial charge in [-0.1, -0.05) is 60.7 Å². The van der Waals surface area contributed by atoms with E-state index in [4.69, 9.17) is 14.2 Å². The maximum Gasteiger partial charge on any atom is 0.338 e. The first-order valence-corrected chi connectivity index (χ1v) is 11.4. The molecular weight excluding hydrogens is 416 g/mol. The number of esters is 2. The van der Waals surface area contributed by atoms with Crippen LogP contribution in [0, 0.1) is 11.8 Å². The van der Waals surface area contributed by atoms with E-state index in [9.17, 15) is 9.59 Å². The van der Waals surface area contributed by atoms with Crippen molar-refractivity contribution in [2.24, 2.45) is 11.8 Å². The van der Waals surface area contributed by atoms with Crippen LogP contribution < -0.4 is 0 Å². The van der Waals surface area contributed by atoms with Crippen LogP contribution in [0.3, 0.4) is 0 Å². The van der Waals surface area contributed by atoms with Crippen molar-refractivity contribution in [3.8, 4) is 0 Å². The lowest BCUT2D eigenvalue weighted by atomic mass is 9.67. The Hall–Kier alpha value is -3.44. The zero-order valence-electron chi connectivity index (χ0n) is 18.0. The first kappa shape index (κ1) is 20.2. The molecule has 2 heterocycles. The number of ether oxygens (including phenoxy) is 3. The molecule has 5 nitrogen and oxygen atoms in total. The van der Waals surface area contributed by atoms with E-state index in [1.165, 1.54) is 11.1 Å². The van der Waals surface area contributed by atoms with E-state index in [1.807, 2.05) is 12.1 Å². The summed E-state index contributed by atoms with van der Waals surface area (Å²) in [6.07, 6.45) is -0.116. The lowest BCUT2D eigenvalue weighted by molar-refractivity contribution is -0.0582. The van der Waals surface area contributed by atoms with Gasteiger partial charge in [0.05, 0.1) is 11.1 Å². The summed E-state index contributed by atoms with van der Waals surface area (Å²) in [5, 5.41) is 0. The maximum atomic E-state index is 12.9. The van der Waals surface area contributed by atoms with Crippen molar-refractivity contribution < 1.29 is 23.8 Å². The molecule has 6 atom stereocenters. The highest BCUT2D eigenvalue weighted by molar-refractivity contribution is 5.90. The first-order chi connectivity index (χ1) is 16.2. The molecule has 0 amide bonds. The molecule has 6 rings (SSSR count). The molecule has 0 N–H and O–H groups in total. The van der Waals surface area contributed by atoms with E-state index in [1.54, 1.807) is 48.5 Å². The molecule has 0 radical (unpaired) electrons. The number of fused-ring (bicyclic) bond motifs is 6. The maximum absolute atomic E-state index is 12.9. The monoisotopic (exact) mass is 440 g/mol. The van der Waals surface area contributed by atoms with Crippen molar-refractivity contribution in [2.75, 3.05) is 0 Å². The second-order valence-electron chi connectivity index (χ2n) is 9.04. The number of carbonyl (C=O) groups is 2. The molecule has 3 aliphatic rings. The summed E-state index contributed by atoms with van der Waals surface area (Å²) in [7, 11) is 0. The van der Waals surface area contributed by atoms with Gasteiger partial charge in [0.15, 0.2) is 12.2 Å². The van der Waals surface area contributed by atoms with Gasteiger partial charge in [-0.3, -0.25) is 0 Å². The molecule has 3 aromatic rings. The molecule has 2 saturated heterocycles. The van der Waals surface area contributed by atoms with E-state index in [0.29, 0.717) is 11.1 Å². The van der Waals surface area contributed by atoms with Gasteiger partial charge in [0.25, 0.3) is 0 Å². The molecule has 2 aliphatic heterocycles. The summed E-state index contributed by atoms with van der Waals surface area (Å²) in [5.41, 5.74) is 3.58.